The smallest absolute Gasteiger partial charge is 0.00139 e. The molecule has 1 aliphatic carbocycles. The Hall–Kier alpha value is 0.430. The monoisotopic (exact) mass is 85.0 g/mol. The van der Waals surface area contributed by atoms with Crippen molar-refractivity contribution in [3.05, 3.63) is 5.66 Å². The van der Waals surface area contributed by atoms with Crippen molar-refractivity contribution in [2.24, 2.45) is 0 Å². The molecule has 2 aliphatic heterocycles. The first kappa shape index (κ1) is 2.58. The number of hydrogen-bond donors (Lipinski definition) is 0. The lowest BCUT2D eigenvalue weighted by Gasteiger charge is -2.48. The minimum absolute atomic E-state index is 1.20. The third-order valence-electron chi connectivity index (χ3n) is 1.39. The summed E-state index contributed by atoms with van der Waals surface area (Å²) in [6.07, 6.45) is 3.02. The van der Waals surface area contributed by atoms with Crippen LogP contribution in [0.2, 0.25) is 0 Å². The second kappa shape index (κ2) is 0.586. The molecule has 3 rings (SSSR count). The van der Waals surface area contributed by atoms with E-state index in [0.717, 1.165) is 0 Å². The summed E-state index contributed by atoms with van der Waals surface area (Å²) in [5.74, 6) is 0. The van der Waals surface area contributed by atoms with Crippen molar-refractivity contribution in [2.45, 2.75) is 18.5 Å². The first-order chi connectivity index (χ1) is 2.45. The molecule has 0 aromatic carbocycles. The predicted octanol–water partition coefficient (Wildman–Crippen LogP) is 1.37. The van der Waals surface area contributed by atoms with Crippen LogP contribution in [0.4, 0.5) is 0 Å². The Kier molecular flexibility index (Phi) is 0.302. The first-order valence-corrected chi connectivity index (χ1v) is 3.14. The van der Waals surface area contributed by atoms with E-state index in [1.165, 1.54) is 27.1 Å². The molecule has 0 nitrogen and oxygen atoms in total. The molecular formula is C4H6P. The van der Waals surface area contributed by atoms with Crippen LogP contribution < -0.4 is 0 Å². The third-order valence-corrected chi connectivity index (χ3v) is 3.03. The molecule has 1 unspecified atom stereocenters. The van der Waals surface area contributed by atoms with Crippen molar-refractivity contribution in [1.82, 2.24) is 0 Å². The molecular weight excluding hydrogens is 79.0 g/mol. The first-order valence-electron chi connectivity index (χ1n) is 2.06. The van der Waals surface area contributed by atoms with Gasteiger partial charge in [-0.05, 0) is 24.2 Å². The van der Waals surface area contributed by atoms with E-state index in [1.807, 2.05) is 5.66 Å². The van der Waals surface area contributed by atoms with Gasteiger partial charge in [-0.3, -0.25) is 0 Å². The van der Waals surface area contributed by atoms with Crippen molar-refractivity contribution in [1.29, 1.82) is 0 Å². The highest BCUT2D eigenvalue weighted by molar-refractivity contribution is 7.47. The van der Waals surface area contributed by atoms with Gasteiger partial charge in [0.15, 0.2) is 0 Å². The van der Waals surface area contributed by atoms with Gasteiger partial charge in [-0.15, -0.1) is 8.58 Å². The maximum Gasteiger partial charge on any atom is -0.00139 e. The lowest BCUT2D eigenvalue weighted by molar-refractivity contribution is 0.574. The molecule has 0 aromatic heterocycles. The Morgan fingerprint density at radius 3 is 1.80 bits per heavy atom. The van der Waals surface area contributed by atoms with E-state index in [2.05, 4.69) is 0 Å². The lowest BCUT2D eigenvalue weighted by atomic mass is 9.96. The number of hydrogen-bond acceptors (Lipinski definition) is 0. The molecule has 5 heavy (non-hydrogen) atoms. The molecule has 1 atom stereocenters. The largest absolute Gasteiger partial charge is 0.111 e. The van der Waals surface area contributed by atoms with Gasteiger partial charge in [0.1, 0.15) is 0 Å². The average Bonchev–Trinajstić information content (AvgIpc) is 0.592. The van der Waals surface area contributed by atoms with Crippen LogP contribution in [0.5, 0.6) is 0 Å². The molecule has 2 heterocycles. The van der Waals surface area contributed by atoms with Gasteiger partial charge in [-0.25, -0.2) is 0 Å². The van der Waals surface area contributed by atoms with Gasteiger partial charge in [-0.1, -0.05) is 0 Å². The Morgan fingerprint density at radius 1 is 1.60 bits per heavy atom. The molecule has 1 heteroatoms. The fourth-order valence-corrected chi connectivity index (χ4v) is 2.06. The third kappa shape index (κ3) is 0.169. The van der Waals surface area contributed by atoms with Crippen LogP contribution in [0.25, 0.3) is 0 Å². The molecule has 0 amide bonds. The maximum absolute atomic E-state index is 1.86. The Labute approximate surface area is 33.7 Å². The molecule has 1 radical (unpaired) electrons. The van der Waals surface area contributed by atoms with Gasteiger partial charge >= 0.3 is 0 Å². The normalized spacial score (nSPS) is 51.6. The van der Waals surface area contributed by atoms with Gasteiger partial charge in [0.25, 0.3) is 0 Å². The van der Waals surface area contributed by atoms with Crippen LogP contribution in [0, 0.1) is 5.66 Å². The van der Waals surface area contributed by atoms with Crippen molar-refractivity contribution < 1.29 is 0 Å². The summed E-state index contributed by atoms with van der Waals surface area (Å²) in [7, 11) is 1.31. The van der Waals surface area contributed by atoms with Crippen molar-refractivity contribution in [2.75, 3.05) is 0 Å². The van der Waals surface area contributed by atoms with Gasteiger partial charge in [0.2, 0.25) is 0 Å². The fraction of sp³-hybridized carbons (Fsp3) is 0.750. The van der Waals surface area contributed by atoms with Gasteiger partial charge in [0, 0.05) is 0 Å². The number of rotatable bonds is 0. The minimum atomic E-state index is 1.20. The maximum atomic E-state index is 1.86. The topological polar surface area (TPSA) is 0 Å². The molecule has 2 saturated heterocycles. The molecule has 0 N–H and O–H groups in total. The summed E-state index contributed by atoms with van der Waals surface area (Å²) in [5.41, 5.74) is 3.06. The van der Waals surface area contributed by atoms with Crippen LogP contribution in [-0.4, -0.2) is 5.66 Å². The van der Waals surface area contributed by atoms with Crippen molar-refractivity contribution in [3.63, 3.8) is 0 Å². The Bertz CT molecular complexity index is 40.4. The highest BCUT2D eigenvalue weighted by atomic mass is 31.1. The van der Waals surface area contributed by atoms with Crippen LogP contribution in [-0.2, 0) is 0 Å². The van der Waals surface area contributed by atoms with E-state index in [9.17, 15) is 0 Å². The fourth-order valence-electron chi connectivity index (χ4n) is 0.781. The van der Waals surface area contributed by atoms with Gasteiger partial charge < -0.3 is 0 Å². The van der Waals surface area contributed by atoms with E-state index >= 15 is 0 Å². The van der Waals surface area contributed by atoms with Gasteiger partial charge in [-0.2, -0.15) is 0 Å². The summed E-state index contributed by atoms with van der Waals surface area (Å²) in [6, 6.07) is 0. The molecule has 27 valence electrons. The van der Waals surface area contributed by atoms with Crippen molar-refractivity contribution >= 4 is 8.58 Å². The quantitative estimate of drug-likeness (QED) is 0.390. The molecule has 3 fully saturated rings. The highest BCUT2D eigenvalue weighted by Gasteiger charge is 2.42. The van der Waals surface area contributed by atoms with E-state index in [0.29, 0.717) is 0 Å². The summed E-state index contributed by atoms with van der Waals surface area (Å²) in [5, 5.41) is 0. The Morgan fingerprint density at radius 2 is 1.80 bits per heavy atom. The zero-order chi connectivity index (χ0) is 3.28. The lowest BCUT2D eigenvalue weighted by Crippen LogP contribution is -2.32. The van der Waals surface area contributed by atoms with Crippen LogP contribution in [0.1, 0.15) is 12.8 Å². The minimum Gasteiger partial charge on any atom is -0.111 e. The van der Waals surface area contributed by atoms with E-state index in [-0.39, 0.29) is 0 Å². The summed E-state index contributed by atoms with van der Waals surface area (Å²) in [4.78, 5) is 0. The summed E-state index contributed by atoms with van der Waals surface area (Å²) < 4.78 is 0. The molecule has 1 saturated carbocycles. The standard InChI is InChI=1S/C4H6P/c1-3-2-4(1)5-3/h3,5H,1-2H2. The van der Waals surface area contributed by atoms with E-state index < -0.39 is 0 Å². The van der Waals surface area contributed by atoms with E-state index in [4.69, 9.17) is 0 Å². The Balaban J connectivity index is 2.19. The SMILES string of the molecule is C1[C]2CC1P2. The molecule has 0 spiro atoms. The van der Waals surface area contributed by atoms with Crippen molar-refractivity contribution in [3.8, 4) is 0 Å². The molecule has 0 aromatic rings. The van der Waals surface area contributed by atoms with Crippen LogP contribution in [0.15, 0.2) is 0 Å². The predicted molar refractivity (Wildman–Crippen MR) is 24.6 cm³/mol. The second-order valence-electron chi connectivity index (χ2n) is 1.85. The van der Waals surface area contributed by atoms with Gasteiger partial charge in [0.05, 0.1) is 0 Å². The van der Waals surface area contributed by atoms with E-state index in [1.54, 1.807) is 0 Å². The summed E-state index contributed by atoms with van der Waals surface area (Å²) >= 11 is 0. The average molecular weight is 85.1 g/mol. The highest BCUT2D eigenvalue weighted by Crippen LogP contribution is 2.66. The molecule has 3 aliphatic rings. The zero-order valence-electron chi connectivity index (χ0n) is 2.99. The van der Waals surface area contributed by atoms with Crippen LogP contribution in [0.3, 0.4) is 0 Å². The zero-order valence-corrected chi connectivity index (χ0v) is 3.99. The summed E-state index contributed by atoms with van der Waals surface area (Å²) in [6.45, 7) is 0. The second-order valence-corrected chi connectivity index (χ2v) is 3.67. The molecule has 2 bridgehead atoms. The van der Waals surface area contributed by atoms with Crippen LogP contribution >= 0.6 is 8.58 Å².